The summed E-state index contributed by atoms with van der Waals surface area (Å²) >= 11 is 1.52. The summed E-state index contributed by atoms with van der Waals surface area (Å²) in [7, 11) is 5.28. The van der Waals surface area contributed by atoms with Gasteiger partial charge in [0.05, 0.1) is 39.0 Å². The highest BCUT2D eigenvalue weighted by atomic mass is 32.1. The van der Waals surface area contributed by atoms with Crippen molar-refractivity contribution in [3.8, 4) is 22.4 Å². The Morgan fingerprint density at radius 3 is 2.45 bits per heavy atom. The summed E-state index contributed by atoms with van der Waals surface area (Å²) in [5, 5.41) is 16.1. The Hall–Kier alpha value is -3.91. The molecule has 58 heavy (non-hydrogen) atoms. The Morgan fingerprint density at radius 2 is 1.79 bits per heavy atom. The number of hydrogen-bond donors (Lipinski definition) is 1. The smallest absolute Gasteiger partial charge is 0.457 e. The first-order chi connectivity index (χ1) is 27.4. The minimum atomic E-state index is -1.44. The van der Waals surface area contributed by atoms with Crippen LogP contribution in [0.25, 0.3) is 10.6 Å². The summed E-state index contributed by atoms with van der Waals surface area (Å²) < 4.78 is 36.8. The van der Waals surface area contributed by atoms with E-state index in [0.29, 0.717) is 12.1 Å². The minimum Gasteiger partial charge on any atom is -0.457 e. The second kappa shape index (κ2) is 19.0. The molecule has 2 aromatic heterocycles. The molecule has 5 rings (SSSR count). The molecule has 15 heteroatoms. The fraction of sp³-hybridized carbons (Fsp3) is 0.651. The number of ketones is 1. The maximum absolute atomic E-state index is 14.3. The molecule has 1 N–H and O–H groups in total. The van der Waals surface area contributed by atoms with Crippen LogP contribution in [0, 0.1) is 35.5 Å². The Labute approximate surface area is 345 Å². The second-order valence-corrected chi connectivity index (χ2v) is 17.4. The number of fused-ring (bicyclic) bond motifs is 1. The van der Waals surface area contributed by atoms with Gasteiger partial charge in [0.1, 0.15) is 18.1 Å². The standard InChI is InChI=1S/C43H59N3O11S/c1-12-33-43(8)38(56-41(50)57-43)26(4)34(45-52-21-15-16-29-18-19-32(58-29)30-17-13-14-20-44-30)24(2)23-42(7,51-11)37(27(5)35(47)28(6)39(49)54-33)55-40-36(48)31(46(9)10)22-25(3)53-40/h13-14,17-20,24-28,31,33,36-38,40,48H,12,21-23H2,1-11H3/b45-34+/t24-,25-,26+,27+,28-,31+,33-,36-,37-,38-,40+,42-,43-/m1/s1. The Bertz CT molecular complexity index is 1840. The Balaban J connectivity index is 1.52. The van der Waals surface area contributed by atoms with Crippen LogP contribution in [-0.4, -0.2) is 120 Å². The van der Waals surface area contributed by atoms with Gasteiger partial charge in [0.25, 0.3) is 0 Å². The van der Waals surface area contributed by atoms with Gasteiger partial charge in [-0.2, -0.15) is 0 Å². The summed E-state index contributed by atoms with van der Waals surface area (Å²) in [4.78, 5) is 55.1. The van der Waals surface area contributed by atoms with Gasteiger partial charge in [0.15, 0.2) is 30.4 Å². The molecule has 0 radical (unpaired) electrons. The van der Waals surface area contributed by atoms with Crippen molar-refractivity contribution in [3.63, 3.8) is 0 Å². The number of likely N-dealkylation sites (N-methyl/N-ethyl adjacent to an activating group) is 1. The maximum atomic E-state index is 14.3. The molecule has 0 aromatic carbocycles. The molecule has 0 amide bonds. The molecule has 5 heterocycles. The second-order valence-electron chi connectivity index (χ2n) is 16.3. The molecule has 0 bridgehead atoms. The normalized spacial score (nSPS) is 36.9. The van der Waals surface area contributed by atoms with E-state index >= 15 is 0 Å². The maximum Gasteiger partial charge on any atom is 0.509 e. The quantitative estimate of drug-likeness (QED) is 0.110. The van der Waals surface area contributed by atoms with E-state index in [0.717, 1.165) is 15.4 Å². The Kier molecular flexibility index (Phi) is 14.8. The molecule has 0 spiro atoms. The van der Waals surface area contributed by atoms with E-state index in [1.165, 1.54) is 25.4 Å². The molecule has 14 nitrogen and oxygen atoms in total. The van der Waals surface area contributed by atoms with E-state index in [9.17, 15) is 19.5 Å². The molecule has 3 saturated heterocycles. The van der Waals surface area contributed by atoms with Crippen LogP contribution < -0.4 is 0 Å². The number of aliphatic hydroxyl groups excluding tert-OH is 1. The summed E-state index contributed by atoms with van der Waals surface area (Å²) in [6.45, 7) is 14.1. The van der Waals surface area contributed by atoms with Gasteiger partial charge in [-0.15, -0.1) is 11.3 Å². The largest absolute Gasteiger partial charge is 0.509 e. The molecule has 2 aromatic rings. The van der Waals surface area contributed by atoms with Gasteiger partial charge < -0.3 is 43.3 Å². The van der Waals surface area contributed by atoms with Gasteiger partial charge in [-0.1, -0.05) is 50.8 Å². The molecular weight excluding hydrogens is 767 g/mol. The van der Waals surface area contributed by atoms with E-state index in [4.69, 9.17) is 33.3 Å². The zero-order chi connectivity index (χ0) is 42.5. The number of Topliss-reactive ketones (excluding diaryl/α,β-unsaturated/α-hetero) is 1. The van der Waals surface area contributed by atoms with Crippen molar-refractivity contribution in [2.24, 2.45) is 28.8 Å². The summed E-state index contributed by atoms with van der Waals surface area (Å²) in [5.74, 6) is 1.69. The first-order valence-corrected chi connectivity index (χ1v) is 20.8. The third kappa shape index (κ3) is 9.75. The first kappa shape index (κ1) is 45.2. The van der Waals surface area contributed by atoms with E-state index in [2.05, 4.69) is 22.0 Å². The lowest BCUT2D eigenvalue weighted by atomic mass is 9.74. The van der Waals surface area contributed by atoms with Gasteiger partial charge in [-0.05, 0) is 85.3 Å². The number of hydrogen-bond acceptors (Lipinski definition) is 15. The van der Waals surface area contributed by atoms with Crippen molar-refractivity contribution in [1.29, 1.82) is 0 Å². The van der Waals surface area contributed by atoms with Crippen LogP contribution in [0.1, 0.15) is 79.5 Å². The van der Waals surface area contributed by atoms with Crippen LogP contribution >= 0.6 is 11.3 Å². The van der Waals surface area contributed by atoms with E-state index < -0.39 is 83.5 Å². The summed E-state index contributed by atoms with van der Waals surface area (Å²) in [6.07, 6.45) is -3.49. The van der Waals surface area contributed by atoms with Crippen LogP contribution in [-0.2, 0) is 42.8 Å². The number of aliphatic hydroxyl groups is 1. The van der Waals surface area contributed by atoms with Gasteiger partial charge in [-0.3, -0.25) is 14.6 Å². The lowest BCUT2D eigenvalue weighted by Gasteiger charge is -2.47. The number of pyridine rings is 1. The third-order valence-electron chi connectivity index (χ3n) is 11.8. The number of aromatic nitrogens is 1. The van der Waals surface area contributed by atoms with Crippen molar-refractivity contribution in [1.82, 2.24) is 9.88 Å². The van der Waals surface area contributed by atoms with Crippen molar-refractivity contribution in [3.05, 3.63) is 41.4 Å². The van der Waals surface area contributed by atoms with Gasteiger partial charge >= 0.3 is 12.1 Å². The highest BCUT2D eigenvalue weighted by Crippen LogP contribution is 2.42. The average Bonchev–Trinajstić information content (AvgIpc) is 3.80. The number of thiophene rings is 1. The molecule has 0 aliphatic carbocycles. The number of esters is 1. The Morgan fingerprint density at radius 1 is 1.05 bits per heavy atom. The number of oxime groups is 1. The highest BCUT2D eigenvalue weighted by molar-refractivity contribution is 7.16. The molecule has 318 valence electrons. The van der Waals surface area contributed by atoms with Gasteiger partial charge in [0.2, 0.25) is 0 Å². The SMILES string of the molecule is CC[C@H]1OC(=O)[C@H](C)C(=O)[C@H](C)[C@@H](O[C@@H]2O[C@H](C)C[C@H](N(C)C)[C@H]2O)[C@](C)(OC)C[C@@H](C)/C(=N\OCC#Cc2ccc(-c3ccccn3)s2)[C@H](C)[C@H]2OC(=O)O[C@@]21C. The third-order valence-corrected chi connectivity index (χ3v) is 12.9. The first-order valence-electron chi connectivity index (χ1n) is 20.0. The molecule has 0 unspecified atom stereocenters. The average molecular weight is 826 g/mol. The van der Waals surface area contributed by atoms with Crippen LogP contribution in [0.5, 0.6) is 0 Å². The zero-order valence-electron chi connectivity index (χ0n) is 35.4. The van der Waals surface area contributed by atoms with Crippen LogP contribution in [0.2, 0.25) is 0 Å². The summed E-state index contributed by atoms with van der Waals surface area (Å²) in [6, 6.07) is 9.36. The highest BCUT2D eigenvalue weighted by Gasteiger charge is 2.58. The topological polar surface area (TPSA) is 165 Å². The fourth-order valence-electron chi connectivity index (χ4n) is 8.55. The van der Waals surface area contributed by atoms with Crippen LogP contribution in [0.4, 0.5) is 4.79 Å². The number of carbonyl (C=O) groups is 3. The number of carbonyl (C=O) groups excluding carboxylic acids is 3. The number of methoxy groups -OCH3 is 1. The van der Waals surface area contributed by atoms with Gasteiger partial charge in [-0.25, -0.2) is 4.79 Å². The van der Waals surface area contributed by atoms with E-state index in [1.807, 2.05) is 77.0 Å². The number of nitrogens with zero attached hydrogens (tertiary/aromatic N) is 3. The lowest BCUT2D eigenvalue weighted by molar-refractivity contribution is -0.295. The van der Waals surface area contributed by atoms with Crippen LogP contribution in [0.15, 0.2) is 41.7 Å². The minimum absolute atomic E-state index is 0.0496. The predicted octanol–water partition coefficient (Wildman–Crippen LogP) is 5.88. The van der Waals surface area contributed by atoms with Crippen molar-refractivity contribution >= 4 is 35.0 Å². The molecule has 0 saturated carbocycles. The van der Waals surface area contributed by atoms with Crippen molar-refractivity contribution in [2.75, 3.05) is 27.8 Å². The molecule has 3 aliphatic heterocycles. The van der Waals surface area contributed by atoms with Gasteiger partial charge in [0, 0.05) is 37.1 Å². The van der Waals surface area contributed by atoms with E-state index in [-0.39, 0.29) is 31.6 Å². The monoisotopic (exact) mass is 825 g/mol. The van der Waals surface area contributed by atoms with Crippen molar-refractivity contribution < 1.29 is 52.7 Å². The van der Waals surface area contributed by atoms with E-state index in [1.54, 1.807) is 27.0 Å². The number of rotatable bonds is 8. The molecule has 3 aliphatic rings. The van der Waals surface area contributed by atoms with Crippen molar-refractivity contribution in [2.45, 2.75) is 129 Å². The predicted molar refractivity (Wildman–Crippen MR) is 217 cm³/mol. The lowest BCUT2D eigenvalue weighted by Crippen LogP contribution is -2.59. The zero-order valence-corrected chi connectivity index (χ0v) is 36.2. The molecular formula is C43H59N3O11S. The summed E-state index contributed by atoms with van der Waals surface area (Å²) in [5.41, 5.74) is -1.31. The van der Waals surface area contributed by atoms with Crippen LogP contribution in [0.3, 0.4) is 0 Å². The number of ether oxygens (including phenoxy) is 6. The molecule has 13 atom stereocenters. The number of cyclic esters (lactones) is 1. The molecule has 3 fully saturated rings. The fourth-order valence-corrected chi connectivity index (χ4v) is 9.40.